The molecule has 0 amide bonds. The van der Waals surface area contributed by atoms with Gasteiger partial charge in [-0.1, -0.05) is 0 Å². The van der Waals surface area contributed by atoms with Gasteiger partial charge >= 0.3 is 6.18 Å². The highest BCUT2D eigenvalue weighted by molar-refractivity contribution is 5.60. The number of aliphatic hydroxyl groups excluding tert-OH is 1. The second kappa shape index (κ2) is 4.68. The van der Waals surface area contributed by atoms with Crippen molar-refractivity contribution in [3.63, 3.8) is 0 Å². The van der Waals surface area contributed by atoms with E-state index < -0.39 is 17.3 Å². The van der Waals surface area contributed by atoms with Crippen LogP contribution in [0.2, 0.25) is 0 Å². The molecular weight excluding hydrogens is 245 g/mol. The van der Waals surface area contributed by atoms with E-state index in [0.29, 0.717) is 5.69 Å². The number of nitrogen functional groups attached to an aromatic ring is 1. The molecule has 0 unspecified atom stereocenters. The summed E-state index contributed by atoms with van der Waals surface area (Å²) in [6, 6.07) is 3.72. The fourth-order valence-corrected chi connectivity index (χ4v) is 1.45. The highest BCUT2D eigenvalue weighted by Gasteiger charge is 2.34. The van der Waals surface area contributed by atoms with E-state index in [9.17, 15) is 18.3 Å². The molecule has 0 fully saturated rings. The molecule has 102 valence electrons. The first kappa shape index (κ1) is 14.6. The van der Waals surface area contributed by atoms with E-state index in [1.165, 1.54) is 12.1 Å². The Bertz CT molecular complexity index is 430. The molecule has 0 spiro atoms. The monoisotopic (exact) mass is 262 g/mol. The third-order valence-electron chi connectivity index (χ3n) is 3.02. The van der Waals surface area contributed by atoms with E-state index in [2.05, 4.69) is 0 Å². The first-order chi connectivity index (χ1) is 8.09. The number of benzene rings is 1. The molecular formula is C12H17F3N2O. The normalized spacial score (nSPS) is 12.6. The van der Waals surface area contributed by atoms with Gasteiger partial charge in [0.1, 0.15) is 0 Å². The van der Waals surface area contributed by atoms with Crippen molar-refractivity contribution >= 4 is 11.4 Å². The largest absolute Gasteiger partial charge is 0.418 e. The molecule has 0 saturated heterocycles. The molecule has 18 heavy (non-hydrogen) atoms. The Labute approximate surface area is 104 Å². The summed E-state index contributed by atoms with van der Waals surface area (Å²) in [6.07, 6.45) is -4.48. The third-order valence-corrected chi connectivity index (χ3v) is 3.02. The average Bonchev–Trinajstić information content (AvgIpc) is 2.27. The summed E-state index contributed by atoms with van der Waals surface area (Å²) in [5.41, 5.74) is 3.87. The molecule has 1 aromatic rings. The van der Waals surface area contributed by atoms with Crippen LogP contribution >= 0.6 is 0 Å². The summed E-state index contributed by atoms with van der Waals surface area (Å²) in [6.45, 7) is 3.29. The molecule has 1 aromatic carbocycles. The Kier molecular flexibility index (Phi) is 3.81. The number of halogens is 3. The lowest BCUT2D eigenvalue weighted by Gasteiger charge is -2.36. The summed E-state index contributed by atoms with van der Waals surface area (Å²) in [4.78, 5) is 1.58. The van der Waals surface area contributed by atoms with Crippen molar-refractivity contribution in [2.24, 2.45) is 0 Å². The quantitative estimate of drug-likeness (QED) is 0.823. The topological polar surface area (TPSA) is 49.5 Å². The lowest BCUT2D eigenvalue weighted by atomic mass is 10.0. The number of hydrogen-bond acceptors (Lipinski definition) is 3. The van der Waals surface area contributed by atoms with Crippen molar-refractivity contribution in [1.82, 2.24) is 0 Å². The van der Waals surface area contributed by atoms with Gasteiger partial charge in [0.25, 0.3) is 0 Å². The Morgan fingerprint density at radius 3 is 2.28 bits per heavy atom. The van der Waals surface area contributed by atoms with Crippen LogP contribution in [0.15, 0.2) is 18.2 Å². The minimum Gasteiger partial charge on any atom is -0.398 e. The lowest BCUT2D eigenvalue weighted by molar-refractivity contribution is -0.136. The highest BCUT2D eigenvalue weighted by Crippen LogP contribution is 2.36. The minimum absolute atomic E-state index is 0.171. The second-order valence-corrected chi connectivity index (χ2v) is 4.80. The molecule has 0 atom stereocenters. The Balaban J connectivity index is 3.21. The number of nitrogens with zero attached hydrogens (tertiary/aromatic N) is 1. The second-order valence-electron chi connectivity index (χ2n) is 4.80. The zero-order valence-electron chi connectivity index (χ0n) is 10.5. The predicted molar refractivity (Wildman–Crippen MR) is 65.4 cm³/mol. The maximum atomic E-state index is 12.7. The van der Waals surface area contributed by atoms with Crippen LogP contribution in [0.1, 0.15) is 19.4 Å². The van der Waals surface area contributed by atoms with E-state index in [4.69, 9.17) is 5.73 Å². The molecule has 0 bridgehead atoms. The summed E-state index contributed by atoms with van der Waals surface area (Å²) >= 11 is 0. The van der Waals surface area contributed by atoms with Crippen molar-refractivity contribution in [3.05, 3.63) is 23.8 Å². The van der Waals surface area contributed by atoms with Gasteiger partial charge in [0, 0.05) is 18.4 Å². The molecule has 3 nitrogen and oxygen atoms in total. The van der Waals surface area contributed by atoms with E-state index in [1.807, 2.05) is 0 Å². The van der Waals surface area contributed by atoms with Crippen LogP contribution in [0.25, 0.3) is 0 Å². The number of rotatable bonds is 3. The van der Waals surface area contributed by atoms with Gasteiger partial charge in [-0.15, -0.1) is 0 Å². The molecule has 0 radical (unpaired) electrons. The van der Waals surface area contributed by atoms with Gasteiger partial charge in [0.05, 0.1) is 17.7 Å². The smallest absolute Gasteiger partial charge is 0.398 e. The molecule has 1 rings (SSSR count). The fourth-order valence-electron chi connectivity index (χ4n) is 1.45. The zero-order valence-corrected chi connectivity index (χ0v) is 10.5. The molecule has 0 aliphatic heterocycles. The van der Waals surface area contributed by atoms with Crippen LogP contribution in [-0.4, -0.2) is 24.3 Å². The van der Waals surface area contributed by atoms with Gasteiger partial charge in [-0.3, -0.25) is 0 Å². The SMILES string of the molecule is CN(c1ccc(N)c(C(F)(F)F)c1)C(C)(C)CO. The molecule has 6 heteroatoms. The third kappa shape index (κ3) is 2.87. The predicted octanol–water partition coefficient (Wildman–Crippen LogP) is 2.49. The van der Waals surface area contributed by atoms with Crippen molar-refractivity contribution < 1.29 is 18.3 Å². The minimum atomic E-state index is -4.48. The maximum Gasteiger partial charge on any atom is 0.418 e. The van der Waals surface area contributed by atoms with Crippen LogP contribution in [0.5, 0.6) is 0 Å². The number of nitrogens with two attached hydrogens (primary N) is 1. The zero-order chi connectivity index (χ0) is 14.1. The summed E-state index contributed by atoms with van der Waals surface area (Å²) in [7, 11) is 1.63. The van der Waals surface area contributed by atoms with Gasteiger partial charge < -0.3 is 15.7 Å². The van der Waals surface area contributed by atoms with Gasteiger partial charge in [-0.05, 0) is 32.0 Å². The van der Waals surface area contributed by atoms with E-state index in [0.717, 1.165) is 6.07 Å². The van der Waals surface area contributed by atoms with Gasteiger partial charge in [0.15, 0.2) is 0 Å². The first-order valence-electron chi connectivity index (χ1n) is 5.41. The van der Waals surface area contributed by atoms with E-state index in [1.54, 1.807) is 25.8 Å². The number of likely N-dealkylation sites (N-methyl/N-ethyl adjacent to an activating group) is 1. The molecule has 0 heterocycles. The molecule has 0 saturated carbocycles. The molecule has 3 N–H and O–H groups in total. The van der Waals surface area contributed by atoms with Crippen molar-refractivity contribution in [3.8, 4) is 0 Å². The van der Waals surface area contributed by atoms with Gasteiger partial charge in [-0.2, -0.15) is 13.2 Å². The van der Waals surface area contributed by atoms with Crippen LogP contribution in [-0.2, 0) is 6.18 Å². The van der Waals surface area contributed by atoms with Crippen molar-refractivity contribution in [1.29, 1.82) is 0 Å². The van der Waals surface area contributed by atoms with Crippen molar-refractivity contribution in [2.75, 3.05) is 24.3 Å². The standard InChI is InChI=1S/C12H17F3N2O/c1-11(2,7-18)17(3)8-4-5-10(16)9(6-8)12(13,14)15/h4-6,18H,7,16H2,1-3H3. The van der Waals surface area contributed by atoms with Crippen LogP contribution < -0.4 is 10.6 Å². The summed E-state index contributed by atoms with van der Waals surface area (Å²) in [5, 5.41) is 9.22. The lowest BCUT2D eigenvalue weighted by Crippen LogP contribution is -2.44. The van der Waals surface area contributed by atoms with E-state index >= 15 is 0 Å². The van der Waals surface area contributed by atoms with Gasteiger partial charge in [0.2, 0.25) is 0 Å². The molecule has 0 aromatic heterocycles. The summed E-state index contributed by atoms with van der Waals surface area (Å²) in [5.74, 6) is 0. The number of alkyl halides is 3. The number of anilines is 2. The van der Waals surface area contributed by atoms with Crippen LogP contribution in [0.3, 0.4) is 0 Å². The first-order valence-corrected chi connectivity index (χ1v) is 5.41. The van der Waals surface area contributed by atoms with Gasteiger partial charge in [-0.25, -0.2) is 0 Å². The average molecular weight is 262 g/mol. The Morgan fingerprint density at radius 1 is 1.28 bits per heavy atom. The van der Waals surface area contributed by atoms with Crippen LogP contribution in [0, 0.1) is 0 Å². The molecule has 0 aliphatic rings. The Hall–Kier alpha value is -1.43. The summed E-state index contributed by atoms with van der Waals surface area (Å²) < 4.78 is 38.2. The fraction of sp³-hybridized carbons (Fsp3) is 0.500. The number of hydrogen-bond donors (Lipinski definition) is 2. The van der Waals surface area contributed by atoms with Crippen LogP contribution in [0.4, 0.5) is 24.5 Å². The maximum absolute atomic E-state index is 12.7. The van der Waals surface area contributed by atoms with Crippen molar-refractivity contribution in [2.45, 2.75) is 25.6 Å². The van der Waals surface area contributed by atoms with E-state index in [-0.39, 0.29) is 12.3 Å². The highest BCUT2D eigenvalue weighted by atomic mass is 19.4. The Morgan fingerprint density at radius 2 is 1.83 bits per heavy atom. The number of aliphatic hydroxyl groups is 1. The molecule has 0 aliphatic carbocycles.